The van der Waals surface area contributed by atoms with Crippen LogP contribution in [0.1, 0.15) is 5.56 Å². The lowest BCUT2D eigenvalue weighted by molar-refractivity contribution is 1.43. The summed E-state index contributed by atoms with van der Waals surface area (Å²) in [5.74, 6) is 0. The van der Waals surface area contributed by atoms with Gasteiger partial charge in [-0.15, -0.1) is 0 Å². The molecule has 0 atom stereocenters. The summed E-state index contributed by atoms with van der Waals surface area (Å²) in [6, 6.07) is 11.7. The Morgan fingerprint density at radius 1 is 1.05 bits per heavy atom. The van der Waals surface area contributed by atoms with Crippen LogP contribution in [0.5, 0.6) is 0 Å². The van der Waals surface area contributed by atoms with E-state index in [1.54, 1.807) is 6.07 Å². The molecule has 0 spiro atoms. The molecule has 0 aliphatic heterocycles. The van der Waals surface area contributed by atoms with Gasteiger partial charge in [0.2, 0.25) is 0 Å². The highest BCUT2D eigenvalue weighted by Crippen LogP contribution is 2.29. The number of hydrogen-bond donors (Lipinski definition) is 2. The smallest absolute Gasteiger partial charge is 0.0458 e. The third-order valence-electron chi connectivity index (χ3n) is 3.01. The Bertz CT molecular complexity index is 747. The van der Waals surface area contributed by atoms with E-state index in [0.29, 0.717) is 10.0 Å². The molecule has 102 valence electrons. The summed E-state index contributed by atoms with van der Waals surface area (Å²) >= 11 is 13.5. The molecular weight excluding hydrogens is 311 g/mol. The molecule has 0 radical (unpaired) electrons. The molecule has 2 nitrogen and oxygen atoms in total. The summed E-state index contributed by atoms with van der Waals surface area (Å²) in [6.45, 7) is 2.09. The number of fused-ring (bicyclic) bond motifs is 1. The van der Waals surface area contributed by atoms with Gasteiger partial charge in [0.25, 0.3) is 0 Å². The quantitative estimate of drug-likeness (QED) is 0.587. The Labute approximate surface area is 131 Å². The number of hydrogen-bond acceptors (Lipinski definition) is 2. The van der Waals surface area contributed by atoms with E-state index >= 15 is 0 Å². The average Bonchev–Trinajstić information content (AvgIpc) is 2.77. The fourth-order valence-corrected chi connectivity index (χ4v) is 3.42. The van der Waals surface area contributed by atoms with Crippen LogP contribution in [-0.4, -0.2) is 4.98 Å². The van der Waals surface area contributed by atoms with Gasteiger partial charge in [0.1, 0.15) is 0 Å². The number of anilines is 1. The number of benzene rings is 2. The van der Waals surface area contributed by atoms with Crippen LogP contribution in [0.2, 0.25) is 10.0 Å². The van der Waals surface area contributed by atoms with Crippen molar-refractivity contribution in [2.45, 2.75) is 11.8 Å². The Balaban J connectivity index is 1.80. The highest BCUT2D eigenvalue weighted by Gasteiger charge is 2.03. The molecule has 2 aromatic carbocycles. The van der Waals surface area contributed by atoms with Gasteiger partial charge in [0.05, 0.1) is 0 Å². The van der Waals surface area contributed by atoms with E-state index in [-0.39, 0.29) is 0 Å². The standard InChI is InChI=1S/C15H12Cl2N2S/c1-9-8-18-15-3-2-12(7-14(9)15)19-20-13-5-10(16)4-11(17)6-13/h2-8,18-19H,1H3. The zero-order valence-electron chi connectivity index (χ0n) is 10.7. The second-order valence-corrected chi connectivity index (χ2v) is 6.29. The van der Waals surface area contributed by atoms with Crippen molar-refractivity contribution in [1.29, 1.82) is 0 Å². The molecule has 0 saturated carbocycles. The van der Waals surface area contributed by atoms with Gasteiger partial charge < -0.3 is 9.71 Å². The van der Waals surface area contributed by atoms with Crippen LogP contribution >= 0.6 is 35.1 Å². The lowest BCUT2D eigenvalue weighted by atomic mass is 10.2. The minimum Gasteiger partial charge on any atom is -0.361 e. The van der Waals surface area contributed by atoms with Crippen LogP contribution in [0, 0.1) is 6.92 Å². The van der Waals surface area contributed by atoms with Gasteiger partial charge in [-0.1, -0.05) is 23.2 Å². The second kappa shape index (κ2) is 5.60. The molecule has 0 aliphatic carbocycles. The van der Waals surface area contributed by atoms with Gasteiger partial charge in [-0.3, -0.25) is 0 Å². The second-order valence-electron chi connectivity index (χ2n) is 4.54. The van der Waals surface area contributed by atoms with Crippen molar-refractivity contribution in [3.05, 3.63) is 58.2 Å². The molecule has 3 rings (SSSR count). The highest BCUT2D eigenvalue weighted by atomic mass is 35.5. The summed E-state index contributed by atoms with van der Waals surface area (Å²) in [5.41, 5.74) is 3.42. The Morgan fingerprint density at radius 3 is 2.55 bits per heavy atom. The summed E-state index contributed by atoms with van der Waals surface area (Å²) in [5, 5.41) is 2.50. The molecule has 0 saturated heterocycles. The lowest BCUT2D eigenvalue weighted by Gasteiger charge is -2.07. The van der Waals surface area contributed by atoms with Crippen LogP contribution in [0.15, 0.2) is 47.5 Å². The Hall–Kier alpha value is -1.29. The topological polar surface area (TPSA) is 27.8 Å². The first-order valence-electron chi connectivity index (χ1n) is 6.08. The number of nitrogens with one attached hydrogen (secondary N) is 2. The van der Waals surface area contributed by atoms with Crippen LogP contribution < -0.4 is 4.72 Å². The van der Waals surface area contributed by atoms with Crippen LogP contribution in [-0.2, 0) is 0 Å². The normalized spacial score (nSPS) is 10.9. The summed E-state index contributed by atoms with van der Waals surface area (Å²) in [7, 11) is 0. The van der Waals surface area contributed by atoms with Gasteiger partial charge in [-0.25, -0.2) is 0 Å². The molecule has 0 fully saturated rings. The number of aromatic nitrogens is 1. The minimum atomic E-state index is 0.638. The maximum absolute atomic E-state index is 5.99. The van der Waals surface area contributed by atoms with Crippen molar-refractivity contribution in [3.8, 4) is 0 Å². The molecule has 2 N–H and O–H groups in total. The van der Waals surface area contributed by atoms with Crippen molar-refractivity contribution in [3.63, 3.8) is 0 Å². The Kier molecular flexibility index (Phi) is 3.83. The van der Waals surface area contributed by atoms with Gasteiger partial charge in [-0.2, -0.15) is 0 Å². The maximum atomic E-state index is 5.99. The van der Waals surface area contributed by atoms with E-state index in [9.17, 15) is 0 Å². The molecule has 0 amide bonds. The number of H-pyrrole nitrogens is 1. The molecule has 1 aromatic heterocycles. The number of aromatic amines is 1. The van der Waals surface area contributed by atoms with E-state index in [2.05, 4.69) is 28.8 Å². The first kappa shape index (κ1) is 13.7. The van der Waals surface area contributed by atoms with Crippen molar-refractivity contribution in [2.24, 2.45) is 0 Å². The molecule has 1 heterocycles. The van der Waals surface area contributed by atoms with Gasteiger partial charge in [0, 0.05) is 37.7 Å². The first-order valence-corrected chi connectivity index (χ1v) is 7.66. The molecule has 0 aliphatic rings. The molecule has 20 heavy (non-hydrogen) atoms. The van der Waals surface area contributed by atoms with Crippen molar-refractivity contribution in [2.75, 3.05) is 4.72 Å². The Morgan fingerprint density at radius 2 is 1.80 bits per heavy atom. The van der Waals surface area contributed by atoms with Gasteiger partial charge in [0.15, 0.2) is 0 Å². The third kappa shape index (κ3) is 2.90. The SMILES string of the molecule is Cc1c[nH]c2ccc(NSc3cc(Cl)cc(Cl)c3)cc12. The van der Waals surface area contributed by atoms with Crippen LogP contribution in [0.3, 0.4) is 0 Å². The zero-order chi connectivity index (χ0) is 14.1. The van der Waals surface area contributed by atoms with E-state index < -0.39 is 0 Å². The maximum Gasteiger partial charge on any atom is 0.0458 e. The highest BCUT2D eigenvalue weighted by molar-refractivity contribution is 8.00. The van der Waals surface area contributed by atoms with E-state index in [1.807, 2.05) is 24.4 Å². The van der Waals surface area contributed by atoms with E-state index in [0.717, 1.165) is 16.1 Å². The first-order chi connectivity index (χ1) is 9.61. The number of aryl methyl sites for hydroxylation is 1. The molecule has 0 unspecified atom stereocenters. The lowest BCUT2D eigenvalue weighted by Crippen LogP contribution is -1.87. The summed E-state index contributed by atoms with van der Waals surface area (Å²) in [4.78, 5) is 4.21. The summed E-state index contributed by atoms with van der Waals surface area (Å²) in [6.07, 6.45) is 2.01. The predicted molar refractivity (Wildman–Crippen MR) is 89.0 cm³/mol. The number of halogens is 2. The molecule has 5 heteroatoms. The monoisotopic (exact) mass is 322 g/mol. The van der Waals surface area contributed by atoms with E-state index in [4.69, 9.17) is 23.2 Å². The van der Waals surface area contributed by atoms with E-state index in [1.165, 1.54) is 22.9 Å². The zero-order valence-corrected chi connectivity index (χ0v) is 13.0. The fraction of sp³-hybridized carbons (Fsp3) is 0.0667. The van der Waals surface area contributed by atoms with Crippen molar-refractivity contribution in [1.82, 2.24) is 4.98 Å². The van der Waals surface area contributed by atoms with Crippen molar-refractivity contribution < 1.29 is 0 Å². The minimum absolute atomic E-state index is 0.638. The van der Waals surface area contributed by atoms with Crippen LogP contribution in [0.4, 0.5) is 5.69 Å². The van der Waals surface area contributed by atoms with Crippen LogP contribution in [0.25, 0.3) is 10.9 Å². The molecule has 3 aromatic rings. The van der Waals surface area contributed by atoms with Gasteiger partial charge >= 0.3 is 0 Å². The predicted octanol–water partition coefficient (Wildman–Crippen LogP) is 5.90. The summed E-state index contributed by atoms with van der Waals surface area (Å²) < 4.78 is 3.31. The molecular formula is C15H12Cl2N2S. The number of rotatable bonds is 3. The largest absolute Gasteiger partial charge is 0.361 e. The molecule has 0 bridgehead atoms. The third-order valence-corrected chi connectivity index (χ3v) is 4.26. The van der Waals surface area contributed by atoms with Gasteiger partial charge in [-0.05, 0) is 60.8 Å². The average molecular weight is 323 g/mol. The fourth-order valence-electron chi connectivity index (χ4n) is 2.03. The van der Waals surface area contributed by atoms with Crippen molar-refractivity contribution >= 4 is 51.7 Å².